The number of carbonyl (C=O) groups excluding carboxylic acids is 1. The molecule has 0 aromatic carbocycles. The van der Waals surface area contributed by atoms with E-state index in [2.05, 4.69) is 13.8 Å². The van der Waals surface area contributed by atoms with E-state index in [0.29, 0.717) is 18.9 Å². The Hall–Kier alpha value is -0.620. The van der Waals surface area contributed by atoms with E-state index >= 15 is 0 Å². The van der Waals surface area contributed by atoms with Crippen LogP contribution in [0.2, 0.25) is 0 Å². The molecular weight excluding hydrogens is 276 g/mol. The van der Waals surface area contributed by atoms with Crippen molar-refractivity contribution < 1.29 is 13.2 Å². The van der Waals surface area contributed by atoms with Crippen LogP contribution in [-0.2, 0) is 14.8 Å². The Labute approximate surface area is 121 Å². The van der Waals surface area contributed by atoms with Gasteiger partial charge in [0.05, 0.1) is 5.75 Å². The molecule has 1 unspecified atom stereocenters. The third-order valence-corrected chi connectivity index (χ3v) is 5.48. The van der Waals surface area contributed by atoms with E-state index in [1.807, 2.05) is 4.90 Å². The fraction of sp³-hybridized carbons (Fsp3) is 0.929. The molecule has 1 aliphatic carbocycles. The average molecular weight is 302 g/mol. The maximum atomic E-state index is 12.1. The van der Waals surface area contributed by atoms with Gasteiger partial charge in [-0.2, -0.15) is 0 Å². The molecule has 1 atom stereocenters. The zero-order chi connectivity index (χ0) is 15.0. The van der Waals surface area contributed by atoms with Crippen LogP contribution in [0.4, 0.5) is 0 Å². The first-order chi connectivity index (χ1) is 9.19. The maximum Gasteiger partial charge on any atom is 0.222 e. The number of hydrogen-bond donors (Lipinski definition) is 1. The standard InChI is InChI=1S/C14H26N2O3S/c1-11(2)7-14(4-3-5-14)10-16-8-12(6-13(16)17)9-20(15,18)19/h11-12H,3-10H2,1-2H3,(H2,15,18,19). The van der Waals surface area contributed by atoms with Crippen LogP contribution in [0.5, 0.6) is 0 Å². The number of likely N-dealkylation sites (tertiary alicyclic amines) is 1. The van der Waals surface area contributed by atoms with E-state index in [4.69, 9.17) is 5.14 Å². The highest BCUT2D eigenvalue weighted by Gasteiger charge is 2.42. The van der Waals surface area contributed by atoms with Crippen LogP contribution < -0.4 is 5.14 Å². The molecule has 20 heavy (non-hydrogen) atoms. The van der Waals surface area contributed by atoms with Gasteiger partial charge in [0.1, 0.15) is 0 Å². The van der Waals surface area contributed by atoms with E-state index in [9.17, 15) is 13.2 Å². The quantitative estimate of drug-likeness (QED) is 0.804. The van der Waals surface area contributed by atoms with Gasteiger partial charge < -0.3 is 4.90 Å². The molecule has 116 valence electrons. The number of carbonyl (C=O) groups is 1. The highest BCUT2D eigenvalue weighted by atomic mass is 32.2. The molecule has 2 rings (SSSR count). The van der Waals surface area contributed by atoms with Gasteiger partial charge in [0.2, 0.25) is 15.9 Å². The van der Waals surface area contributed by atoms with Crippen molar-refractivity contribution in [3.63, 3.8) is 0 Å². The molecule has 5 nitrogen and oxygen atoms in total. The number of hydrogen-bond acceptors (Lipinski definition) is 3. The molecule has 1 saturated heterocycles. The Balaban J connectivity index is 1.94. The van der Waals surface area contributed by atoms with Gasteiger partial charge in [-0.05, 0) is 30.6 Å². The van der Waals surface area contributed by atoms with Gasteiger partial charge in [-0.25, -0.2) is 13.6 Å². The second-order valence-corrected chi connectivity index (χ2v) is 8.78. The summed E-state index contributed by atoms with van der Waals surface area (Å²) in [5.74, 6) is 0.516. The first-order valence-corrected chi connectivity index (χ1v) is 9.19. The zero-order valence-corrected chi connectivity index (χ0v) is 13.3. The first-order valence-electron chi connectivity index (χ1n) is 7.47. The number of amides is 1. The highest BCUT2D eigenvalue weighted by Crippen LogP contribution is 2.47. The number of sulfonamides is 1. The Bertz CT molecular complexity index is 469. The SMILES string of the molecule is CC(C)CC1(CN2CC(CS(N)(=O)=O)CC2=O)CCC1. The van der Waals surface area contributed by atoms with Crippen molar-refractivity contribution in [2.24, 2.45) is 22.4 Å². The largest absolute Gasteiger partial charge is 0.342 e. The molecule has 0 aromatic heterocycles. The minimum absolute atomic E-state index is 0.0770. The number of rotatable bonds is 6. The Morgan fingerprint density at radius 2 is 2.05 bits per heavy atom. The molecule has 6 heteroatoms. The molecule has 1 saturated carbocycles. The monoisotopic (exact) mass is 302 g/mol. The van der Waals surface area contributed by atoms with Crippen LogP contribution >= 0.6 is 0 Å². The van der Waals surface area contributed by atoms with Gasteiger partial charge in [0.15, 0.2) is 0 Å². The van der Waals surface area contributed by atoms with Crippen LogP contribution in [0, 0.1) is 17.3 Å². The molecule has 0 spiro atoms. The van der Waals surface area contributed by atoms with Crippen molar-refractivity contribution in [1.29, 1.82) is 0 Å². The lowest BCUT2D eigenvalue weighted by Crippen LogP contribution is -2.44. The third kappa shape index (κ3) is 3.95. The molecule has 1 amide bonds. The Morgan fingerprint density at radius 3 is 2.50 bits per heavy atom. The smallest absolute Gasteiger partial charge is 0.222 e. The Kier molecular flexibility index (Phi) is 4.44. The molecule has 2 fully saturated rings. The number of nitrogens with zero attached hydrogens (tertiary/aromatic N) is 1. The van der Waals surface area contributed by atoms with Gasteiger partial charge in [0, 0.05) is 25.4 Å². The predicted molar refractivity (Wildman–Crippen MR) is 78.4 cm³/mol. The minimum Gasteiger partial charge on any atom is -0.342 e. The van der Waals surface area contributed by atoms with E-state index in [1.54, 1.807) is 0 Å². The van der Waals surface area contributed by atoms with Gasteiger partial charge in [-0.15, -0.1) is 0 Å². The van der Waals surface area contributed by atoms with Crippen molar-refractivity contribution in [2.45, 2.75) is 46.0 Å². The predicted octanol–water partition coefficient (Wildman–Crippen LogP) is 1.34. The van der Waals surface area contributed by atoms with Crippen LogP contribution in [0.3, 0.4) is 0 Å². The molecule has 0 radical (unpaired) electrons. The summed E-state index contributed by atoms with van der Waals surface area (Å²) < 4.78 is 22.3. The normalized spacial score (nSPS) is 26.1. The third-order valence-electron chi connectivity index (χ3n) is 4.54. The molecule has 1 heterocycles. The molecule has 0 bridgehead atoms. The minimum atomic E-state index is -3.49. The van der Waals surface area contributed by atoms with E-state index in [0.717, 1.165) is 13.0 Å². The van der Waals surface area contributed by atoms with E-state index < -0.39 is 10.0 Å². The van der Waals surface area contributed by atoms with Gasteiger partial charge in [-0.3, -0.25) is 4.79 Å². The fourth-order valence-corrected chi connectivity index (χ4v) is 4.70. The van der Waals surface area contributed by atoms with E-state index in [-0.39, 0.29) is 23.0 Å². The Morgan fingerprint density at radius 1 is 1.40 bits per heavy atom. The first kappa shape index (κ1) is 15.8. The molecule has 2 aliphatic rings. The summed E-state index contributed by atoms with van der Waals surface area (Å²) in [6.45, 7) is 5.78. The lowest BCUT2D eigenvalue weighted by atomic mass is 9.64. The zero-order valence-electron chi connectivity index (χ0n) is 12.5. The average Bonchev–Trinajstić information content (AvgIpc) is 2.52. The van der Waals surface area contributed by atoms with Crippen LogP contribution in [0.25, 0.3) is 0 Å². The van der Waals surface area contributed by atoms with Crippen molar-refractivity contribution in [3.8, 4) is 0 Å². The van der Waals surface area contributed by atoms with Gasteiger partial charge in [0.25, 0.3) is 0 Å². The van der Waals surface area contributed by atoms with Crippen molar-refractivity contribution in [2.75, 3.05) is 18.8 Å². The summed E-state index contributed by atoms with van der Waals surface area (Å²) in [5.41, 5.74) is 0.278. The van der Waals surface area contributed by atoms with Crippen molar-refractivity contribution >= 4 is 15.9 Å². The van der Waals surface area contributed by atoms with Crippen LogP contribution in [0.15, 0.2) is 0 Å². The second-order valence-electron chi connectivity index (χ2n) is 7.13. The topological polar surface area (TPSA) is 80.5 Å². The molecule has 0 aromatic rings. The van der Waals surface area contributed by atoms with Crippen LogP contribution in [-0.4, -0.2) is 38.1 Å². The summed E-state index contributed by atoms with van der Waals surface area (Å²) in [7, 11) is -3.49. The molecule has 2 N–H and O–H groups in total. The van der Waals surface area contributed by atoms with Gasteiger partial charge >= 0.3 is 0 Å². The number of nitrogens with two attached hydrogens (primary N) is 1. The van der Waals surface area contributed by atoms with Crippen LogP contribution in [0.1, 0.15) is 46.0 Å². The lowest BCUT2D eigenvalue weighted by Gasteiger charge is -2.45. The summed E-state index contributed by atoms with van der Waals surface area (Å²) in [5, 5.41) is 5.08. The maximum absolute atomic E-state index is 12.1. The summed E-state index contributed by atoms with van der Waals surface area (Å²) in [4.78, 5) is 13.9. The van der Waals surface area contributed by atoms with E-state index in [1.165, 1.54) is 19.3 Å². The molecular formula is C14H26N2O3S. The van der Waals surface area contributed by atoms with Crippen molar-refractivity contribution in [3.05, 3.63) is 0 Å². The fourth-order valence-electron chi connectivity index (χ4n) is 3.82. The lowest BCUT2D eigenvalue weighted by molar-refractivity contribution is -0.130. The summed E-state index contributed by atoms with van der Waals surface area (Å²) in [6, 6.07) is 0. The summed E-state index contributed by atoms with van der Waals surface area (Å²) in [6.07, 6.45) is 5.10. The molecule has 1 aliphatic heterocycles. The summed E-state index contributed by atoms with van der Waals surface area (Å²) >= 11 is 0. The number of primary sulfonamides is 1. The van der Waals surface area contributed by atoms with Crippen molar-refractivity contribution in [1.82, 2.24) is 4.90 Å². The highest BCUT2D eigenvalue weighted by molar-refractivity contribution is 7.89. The second kappa shape index (κ2) is 5.64. The van der Waals surface area contributed by atoms with Gasteiger partial charge in [-0.1, -0.05) is 20.3 Å².